The molecule has 3 N–H and O–H groups in total. The largest absolute Gasteiger partial charge is 0.507 e. The number of rotatable bonds is 8. The summed E-state index contributed by atoms with van der Waals surface area (Å²) in [6.45, 7) is 0. The van der Waals surface area contributed by atoms with E-state index in [9.17, 15) is 5.11 Å². The van der Waals surface area contributed by atoms with Crippen molar-refractivity contribution in [2.45, 2.75) is 10.9 Å². The van der Waals surface area contributed by atoms with Crippen LogP contribution in [0.2, 0.25) is 0 Å². The highest BCUT2D eigenvalue weighted by Crippen LogP contribution is 2.26. The first-order valence-corrected chi connectivity index (χ1v) is 9.01. The SMILES string of the molecule is COc1ccc(O)c(/C=N/Nc2nc(SCc3ccccc3OC)n[nH]2)c1. The van der Waals surface area contributed by atoms with Crippen LogP contribution >= 0.6 is 11.8 Å². The van der Waals surface area contributed by atoms with Gasteiger partial charge in [0.05, 0.1) is 20.4 Å². The molecule has 8 nitrogen and oxygen atoms in total. The molecule has 0 radical (unpaired) electrons. The van der Waals surface area contributed by atoms with Crippen molar-refractivity contribution in [3.8, 4) is 17.2 Å². The summed E-state index contributed by atoms with van der Waals surface area (Å²) in [6, 6.07) is 12.7. The van der Waals surface area contributed by atoms with E-state index in [1.807, 2.05) is 24.3 Å². The average molecular weight is 385 g/mol. The molecule has 3 rings (SSSR count). The summed E-state index contributed by atoms with van der Waals surface area (Å²) >= 11 is 1.48. The van der Waals surface area contributed by atoms with E-state index in [2.05, 4.69) is 25.7 Å². The Bertz CT molecular complexity index is 929. The zero-order valence-corrected chi connectivity index (χ0v) is 15.7. The smallest absolute Gasteiger partial charge is 0.240 e. The Hall–Kier alpha value is -3.20. The van der Waals surface area contributed by atoms with Crippen LogP contribution in [0.15, 0.2) is 52.7 Å². The number of hydrogen-bond acceptors (Lipinski definition) is 8. The van der Waals surface area contributed by atoms with E-state index in [0.717, 1.165) is 11.3 Å². The Morgan fingerprint density at radius 2 is 2.07 bits per heavy atom. The molecule has 9 heteroatoms. The molecule has 0 aliphatic rings. The van der Waals surface area contributed by atoms with E-state index in [0.29, 0.717) is 28.2 Å². The van der Waals surface area contributed by atoms with Gasteiger partial charge in [-0.25, -0.2) is 10.5 Å². The number of aromatic amines is 1. The number of anilines is 1. The summed E-state index contributed by atoms with van der Waals surface area (Å²) in [5.74, 6) is 2.65. The van der Waals surface area contributed by atoms with Crippen LogP contribution in [0, 0.1) is 0 Å². The van der Waals surface area contributed by atoms with Crippen molar-refractivity contribution in [2.75, 3.05) is 19.6 Å². The van der Waals surface area contributed by atoms with Crippen LogP contribution in [0.5, 0.6) is 17.2 Å². The number of nitrogens with zero attached hydrogens (tertiary/aromatic N) is 3. The Balaban J connectivity index is 1.58. The van der Waals surface area contributed by atoms with E-state index >= 15 is 0 Å². The van der Waals surface area contributed by atoms with Gasteiger partial charge >= 0.3 is 0 Å². The maximum atomic E-state index is 9.83. The molecule has 27 heavy (non-hydrogen) atoms. The molecule has 0 spiro atoms. The fourth-order valence-corrected chi connectivity index (χ4v) is 3.04. The Kier molecular flexibility index (Phi) is 6.16. The number of phenols is 1. The fraction of sp³-hybridized carbons (Fsp3) is 0.167. The number of aromatic nitrogens is 3. The molecule has 0 aliphatic carbocycles. The summed E-state index contributed by atoms with van der Waals surface area (Å²) < 4.78 is 10.5. The standard InChI is InChI=1S/C18H19N5O3S/c1-25-14-7-8-15(24)13(9-14)10-19-21-17-20-18(23-22-17)27-11-12-5-3-4-6-16(12)26-2/h3-10,24H,11H2,1-2H3,(H2,20,21,22,23)/b19-10+. The van der Waals surface area contributed by atoms with E-state index < -0.39 is 0 Å². The van der Waals surface area contributed by atoms with Crippen LogP contribution < -0.4 is 14.9 Å². The van der Waals surface area contributed by atoms with Gasteiger partial charge in [-0.3, -0.25) is 0 Å². The van der Waals surface area contributed by atoms with Crippen molar-refractivity contribution in [3.63, 3.8) is 0 Å². The first-order valence-electron chi connectivity index (χ1n) is 8.02. The van der Waals surface area contributed by atoms with E-state index in [-0.39, 0.29) is 5.75 Å². The van der Waals surface area contributed by atoms with Gasteiger partial charge in [0.15, 0.2) is 0 Å². The van der Waals surface area contributed by atoms with Crippen molar-refractivity contribution < 1.29 is 14.6 Å². The second-order valence-corrected chi connectivity index (χ2v) is 6.30. The van der Waals surface area contributed by atoms with E-state index in [4.69, 9.17) is 9.47 Å². The van der Waals surface area contributed by atoms with Crippen LogP contribution in [0.3, 0.4) is 0 Å². The topological polar surface area (TPSA) is 105 Å². The number of nitrogens with one attached hydrogen (secondary N) is 2. The molecule has 0 unspecified atom stereocenters. The minimum Gasteiger partial charge on any atom is -0.507 e. The number of thioether (sulfide) groups is 1. The number of hydrazone groups is 1. The fourth-order valence-electron chi connectivity index (χ4n) is 2.25. The second kappa shape index (κ2) is 8.95. The predicted octanol–water partition coefficient (Wildman–Crippen LogP) is 3.27. The molecule has 3 aromatic rings. The minimum absolute atomic E-state index is 0.104. The van der Waals surface area contributed by atoms with Gasteiger partial charge in [0, 0.05) is 16.9 Å². The number of hydrogen-bond donors (Lipinski definition) is 3. The summed E-state index contributed by atoms with van der Waals surface area (Å²) in [6.07, 6.45) is 1.47. The van der Waals surface area contributed by atoms with Gasteiger partial charge in [0.1, 0.15) is 17.2 Å². The average Bonchev–Trinajstić information content (AvgIpc) is 3.15. The molecule has 1 aromatic heterocycles. The molecule has 0 fully saturated rings. The molecule has 0 saturated heterocycles. The lowest BCUT2D eigenvalue weighted by molar-refractivity contribution is 0.411. The maximum Gasteiger partial charge on any atom is 0.240 e. The summed E-state index contributed by atoms with van der Waals surface area (Å²) in [4.78, 5) is 4.31. The number of benzene rings is 2. The lowest BCUT2D eigenvalue weighted by atomic mass is 10.2. The monoisotopic (exact) mass is 385 g/mol. The molecule has 0 aliphatic heterocycles. The highest BCUT2D eigenvalue weighted by molar-refractivity contribution is 7.98. The number of ether oxygens (including phenoxy) is 2. The third-order valence-corrected chi connectivity index (χ3v) is 4.52. The second-order valence-electron chi connectivity index (χ2n) is 5.36. The van der Waals surface area contributed by atoms with Crippen molar-refractivity contribution in [2.24, 2.45) is 5.10 Å². The molecule has 2 aromatic carbocycles. The quantitative estimate of drug-likeness (QED) is 0.310. The van der Waals surface area contributed by atoms with Crippen molar-refractivity contribution >= 4 is 23.9 Å². The van der Waals surface area contributed by atoms with Crippen LogP contribution in [0.1, 0.15) is 11.1 Å². The Labute approximate surface area is 160 Å². The molecule has 140 valence electrons. The number of H-pyrrole nitrogens is 1. The van der Waals surface area contributed by atoms with Gasteiger partial charge < -0.3 is 14.6 Å². The van der Waals surface area contributed by atoms with Crippen LogP contribution in [0.25, 0.3) is 0 Å². The van der Waals surface area contributed by atoms with Crippen LogP contribution in [-0.4, -0.2) is 40.7 Å². The predicted molar refractivity (Wildman–Crippen MR) is 105 cm³/mol. The summed E-state index contributed by atoms with van der Waals surface area (Å²) in [7, 11) is 3.21. The third-order valence-electron chi connectivity index (χ3n) is 3.62. The normalized spacial score (nSPS) is 10.9. The zero-order chi connectivity index (χ0) is 19.1. The van der Waals surface area contributed by atoms with Crippen LogP contribution in [0.4, 0.5) is 5.95 Å². The number of methoxy groups -OCH3 is 2. The minimum atomic E-state index is 0.104. The lowest BCUT2D eigenvalue weighted by Crippen LogP contribution is -1.93. The van der Waals surface area contributed by atoms with Gasteiger partial charge in [-0.05, 0) is 24.3 Å². The van der Waals surface area contributed by atoms with Gasteiger partial charge in [0.25, 0.3) is 0 Å². The maximum absolute atomic E-state index is 9.83. The molecule has 0 bridgehead atoms. The number of aromatic hydroxyl groups is 1. The molecule has 0 atom stereocenters. The van der Waals surface area contributed by atoms with E-state index in [1.54, 1.807) is 32.4 Å². The first kappa shape index (κ1) is 18.6. The molecular formula is C18H19N5O3S. The highest BCUT2D eigenvalue weighted by atomic mass is 32.2. The Morgan fingerprint density at radius 3 is 2.89 bits per heavy atom. The zero-order valence-electron chi connectivity index (χ0n) is 14.8. The van der Waals surface area contributed by atoms with Crippen molar-refractivity contribution in [1.29, 1.82) is 0 Å². The van der Waals surface area contributed by atoms with Gasteiger partial charge in [-0.1, -0.05) is 30.0 Å². The number of para-hydroxylation sites is 1. The third kappa shape index (κ3) is 4.91. The number of phenolic OH excluding ortho intramolecular Hbond substituents is 1. The first-order chi connectivity index (χ1) is 13.2. The summed E-state index contributed by atoms with van der Waals surface area (Å²) in [5, 5.41) is 21.4. The van der Waals surface area contributed by atoms with Gasteiger partial charge in [-0.2, -0.15) is 10.1 Å². The van der Waals surface area contributed by atoms with Gasteiger partial charge in [-0.15, -0.1) is 5.10 Å². The highest BCUT2D eigenvalue weighted by Gasteiger charge is 2.07. The molecular weight excluding hydrogens is 366 g/mol. The Morgan fingerprint density at radius 1 is 1.22 bits per heavy atom. The lowest BCUT2D eigenvalue weighted by Gasteiger charge is -2.05. The van der Waals surface area contributed by atoms with Gasteiger partial charge in [0.2, 0.25) is 11.1 Å². The molecule has 1 heterocycles. The van der Waals surface area contributed by atoms with Crippen LogP contribution in [-0.2, 0) is 5.75 Å². The summed E-state index contributed by atoms with van der Waals surface area (Å²) in [5.41, 5.74) is 4.34. The van der Waals surface area contributed by atoms with Crippen molar-refractivity contribution in [1.82, 2.24) is 15.2 Å². The molecule has 0 saturated carbocycles. The van der Waals surface area contributed by atoms with E-state index in [1.165, 1.54) is 18.0 Å². The molecule has 0 amide bonds. The van der Waals surface area contributed by atoms with Crippen molar-refractivity contribution in [3.05, 3.63) is 53.6 Å².